The molecule has 1 aliphatic rings. The third-order valence-corrected chi connectivity index (χ3v) is 2.00. The first-order chi connectivity index (χ1) is 6.90. The predicted octanol–water partition coefficient (Wildman–Crippen LogP) is 1.01. The average molecular weight is 192 g/mol. The smallest absolute Gasteiger partial charge is 0.137 e. The van der Waals surface area contributed by atoms with E-state index in [2.05, 4.69) is 10.3 Å². The maximum absolute atomic E-state index is 5.22. The zero-order valence-electron chi connectivity index (χ0n) is 7.99. The molecule has 0 spiro atoms. The lowest BCUT2D eigenvalue weighted by Gasteiger charge is -2.16. The average Bonchev–Trinajstić information content (AvgIpc) is 2.30. The molecule has 2 rings (SSSR count). The van der Waals surface area contributed by atoms with Gasteiger partial charge >= 0.3 is 0 Å². The Labute approximate surface area is 82.6 Å². The predicted molar refractivity (Wildman–Crippen MR) is 52.7 cm³/mol. The van der Waals surface area contributed by atoms with Crippen LogP contribution in [0.3, 0.4) is 0 Å². The van der Waals surface area contributed by atoms with E-state index < -0.39 is 0 Å². The van der Waals surface area contributed by atoms with Gasteiger partial charge in [-0.3, -0.25) is 4.98 Å². The molecular formula is C10H12N2O2. The Kier molecular flexibility index (Phi) is 2.53. The molecule has 1 N–H and O–H groups in total. The van der Waals surface area contributed by atoms with Gasteiger partial charge in [0.1, 0.15) is 18.6 Å². The Balaban J connectivity index is 2.26. The van der Waals surface area contributed by atoms with Crippen LogP contribution in [0.25, 0.3) is 5.70 Å². The van der Waals surface area contributed by atoms with Crippen LogP contribution in [0, 0.1) is 0 Å². The van der Waals surface area contributed by atoms with Crippen LogP contribution >= 0.6 is 0 Å². The second-order valence-electron chi connectivity index (χ2n) is 2.94. The van der Waals surface area contributed by atoms with Crippen molar-refractivity contribution in [1.29, 1.82) is 0 Å². The summed E-state index contributed by atoms with van der Waals surface area (Å²) in [5.41, 5.74) is 1.92. The van der Waals surface area contributed by atoms with Crippen LogP contribution in [0.15, 0.2) is 24.7 Å². The van der Waals surface area contributed by atoms with Gasteiger partial charge in [-0.25, -0.2) is 0 Å². The molecule has 0 aliphatic carbocycles. The first-order valence-corrected chi connectivity index (χ1v) is 4.45. The largest absolute Gasteiger partial charge is 0.497 e. The van der Waals surface area contributed by atoms with E-state index in [4.69, 9.17) is 9.47 Å². The third-order valence-electron chi connectivity index (χ3n) is 2.00. The van der Waals surface area contributed by atoms with E-state index >= 15 is 0 Å². The molecule has 0 fully saturated rings. The molecular weight excluding hydrogens is 180 g/mol. The lowest BCUT2D eigenvalue weighted by molar-refractivity contribution is 0.241. The van der Waals surface area contributed by atoms with Gasteiger partial charge in [0.2, 0.25) is 0 Å². The summed E-state index contributed by atoms with van der Waals surface area (Å²) >= 11 is 0. The highest BCUT2D eigenvalue weighted by atomic mass is 16.5. The molecule has 4 nitrogen and oxygen atoms in total. The molecule has 0 unspecified atom stereocenters. The summed E-state index contributed by atoms with van der Waals surface area (Å²) in [6.07, 6.45) is 5.16. The van der Waals surface area contributed by atoms with E-state index in [1.165, 1.54) is 0 Å². The Morgan fingerprint density at radius 2 is 2.43 bits per heavy atom. The lowest BCUT2D eigenvalue weighted by atomic mass is 10.2. The molecule has 1 aromatic heterocycles. The van der Waals surface area contributed by atoms with Crippen molar-refractivity contribution in [3.8, 4) is 5.75 Å². The summed E-state index contributed by atoms with van der Waals surface area (Å²) in [6.45, 7) is 1.53. The SMILES string of the molecule is COc1cncc(C2=COCCN2)c1. The van der Waals surface area contributed by atoms with Gasteiger partial charge < -0.3 is 14.8 Å². The number of pyridine rings is 1. The normalized spacial score (nSPS) is 15.1. The number of hydrogen-bond acceptors (Lipinski definition) is 4. The van der Waals surface area contributed by atoms with Crippen LogP contribution in [0.5, 0.6) is 5.75 Å². The van der Waals surface area contributed by atoms with Crippen molar-refractivity contribution in [3.63, 3.8) is 0 Å². The molecule has 0 radical (unpaired) electrons. The molecule has 1 aromatic rings. The lowest BCUT2D eigenvalue weighted by Crippen LogP contribution is -2.22. The number of nitrogens with zero attached hydrogens (tertiary/aromatic N) is 1. The number of ether oxygens (including phenoxy) is 2. The second kappa shape index (κ2) is 4.00. The number of nitrogens with one attached hydrogen (secondary N) is 1. The Hall–Kier alpha value is -1.71. The molecule has 2 heterocycles. The summed E-state index contributed by atoms with van der Waals surface area (Å²) in [7, 11) is 1.62. The van der Waals surface area contributed by atoms with Crippen molar-refractivity contribution in [2.24, 2.45) is 0 Å². The van der Waals surface area contributed by atoms with E-state index in [9.17, 15) is 0 Å². The third kappa shape index (κ3) is 1.79. The molecule has 0 aromatic carbocycles. The zero-order valence-corrected chi connectivity index (χ0v) is 7.99. The first-order valence-electron chi connectivity index (χ1n) is 4.45. The van der Waals surface area contributed by atoms with Crippen molar-refractivity contribution in [2.45, 2.75) is 0 Å². The number of aromatic nitrogens is 1. The molecule has 1 aliphatic heterocycles. The van der Waals surface area contributed by atoms with Crippen LogP contribution < -0.4 is 10.1 Å². The van der Waals surface area contributed by atoms with Crippen LogP contribution in [-0.4, -0.2) is 25.2 Å². The van der Waals surface area contributed by atoms with Crippen molar-refractivity contribution in [3.05, 3.63) is 30.3 Å². The van der Waals surface area contributed by atoms with Gasteiger partial charge in [0.15, 0.2) is 0 Å². The van der Waals surface area contributed by atoms with Gasteiger partial charge in [-0.05, 0) is 6.07 Å². The van der Waals surface area contributed by atoms with Gasteiger partial charge in [0.25, 0.3) is 0 Å². The Bertz CT molecular complexity index is 350. The highest BCUT2D eigenvalue weighted by molar-refractivity contribution is 5.63. The van der Waals surface area contributed by atoms with E-state index in [1.54, 1.807) is 25.8 Å². The number of hydrogen-bond donors (Lipinski definition) is 1. The Morgan fingerprint density at radius 1 is 1.50 bits per heavy atom. The van der Waals surface area contributed by atoms with E-state index in [0.717, 1.165) is 23.6 Å². The van der Waals surface area contributed by atoms with Crippen LogP contribution in [0.1, 0.15) is 5.56 Å². The van der Waals surface area contributed by atoms with Crippen LogP contribution in [0.2, 0.25) is 0 Å². The monoisotopic (exact) mass is 192 g/mol. The molecule has 74 valence electrons. The van der Waals surface area contributed by atoms with Gasteiger partial charge in [-0.1, -0.05) is 0 Å². The summed E-state index contributed by atoms with van der Waals surface area (Å²) < 4.78 is 10.3. The van der Waals surface area contributed by atoms with Gasteiger partial charge in [0, 0.05) is 18.3 Å². The standard InChI is InChI=1S/C10H12N2O2/c1-13-9-4-8(5-11-6-9)10-7-14-3-2-12-10/h4-7,12H,2-3H2,1H3. The van der Waals surface area contributed by atoms with Gasteiger partial charge in [0.05, 0.1) is 19.0 Å². The van der Waals surface area contributed by atoms with Gasteiger partial charge in [-0.15, -0.1) is 0 Å². The fourth-order valence-electron chi connectivity index (χ4n) is 1.28. The van der Waals surface area contributed by atoms with Crippen LogP contribution in [0.4, 0.5) is 0 Å². The molecule has 4 heteroatoms. The van der Waals surface area contributed by atoms with E-state index in [0.29, 0.717) is 6.61 Å². The van der Waals surface area contributed by atoms with Crippen molar-refractivity contribution >= 4 is 5.70 Å². The minimum Gasteiger partial charge on any atom is -0.497 e. The maximum Gasteiger partial charge on any atom is 0.137 e. The minimum atomic E-state index is 0.709. The number of methoxy groups -OCH3 is 1. The molecule has 0 bridgehead atoms. The summed E-state index contributed by atoms with van der Waals surface area (Å²) in [5, 5.41) is 3.23. The minimum absolute atomic E-state index is 0.709. The van der Waals surface area contributed by atoms with Crippen LogP contribution in [-0.2, 0) is 4.74 Å². The molecule has 0 saturated carbocycles. The topological polar surface area (TPSA) is 43.4 Å². The Morgan fingerprint density at radius 3 is 3.14 bits per heavy atom. The quantitative estimate of drug-likeness (QED) is 0.759. The highest BCUT2D eigenvalue weighted by Crippen LogP contribution is 2.17. The maximum atomic E-state index is 5.22. The molecule has 0 saturated heterocycles. The van der Waals surface area contributed by atoms with Crippen molar-refractivity contribution in [1.82, 2.24) is 10.3 Å². The molecule has 14 heavy (non-hydrogen) atoms. The second-order valence-corrected chi connectivity index (χ2v) is 2.94. The molecule has 0 amide bonds. The number of rotatable bonds is 2. The summed E-state index contributed by atoms with van der Waals surface area (Å²) in [4.78, 5) is 4.07. The van der Waals surface area contributed by atoms with E-state index in [-0.39, 0.29) is 0 Å². The highest BCUT2D eigenvalue weighted by Gasteiger charge is 2.06. The van der Waals surface area contributed by atoms with Gasteiger partial charge in [-0.2, -0.15) is 0 Å². The fraction of sp³-hybridized carbons (Fsp3) is 0.300. The van der Waals surface area contributed by atoms with Crippen molar-refractivity contribution in [2.75, 3.05) is 20.3 Å². The molecule has 0 atom stereocenters. The van der Waals surface area contributed by atoms with Crippen molar-refractivity contribution < 1.29 is 9.47 Å². The summed E-state index contributed by atoms with van der Waals surface area (Å²) in [6, 6.07) is 1.92. The zero-order chi connectivity index (χ0) is 9.80. The first kappa shape index (κ1) is 8.87. The summed E-state index contributed by atoms with van der Waals surface area (Å²) in [5.74, 6) is 0.746. The fourth-order valence-corrected chi connectivity index (χ4v) is 1.28. The van der Waals surface area contributed by atoms with E-state index in [1.807, 2.05) is 6.07 Å².